The number of methoxy groups -OCH3 is 1. The number of halogens is 3. The first-order chi connectivity index (χ1) is 16.4. The Labute approximate surface area is 213 Å². The van der Waals surface area contributed by atoms with E-state index in [0.717, 1.165) is 22.2 Å². The number of carbonyl (C=O) groups excluding carboxylic acids is 2. The lowest BCUT2D eigenvalue weighted by Crippen LogP contribution is -2.27. The SMILES string of the molecule is COc1cc(/C=C2\SC(=O)N(Cc3ccccc3F)C2=O)cc(Br)c1OCc1ccc(Cl)cc1. The minimum atomic E-state index is -0.476. The molecule has 0 unspecified atom stereocenters. The van der Waals surface area contributed by atoms with Crippen molar-refractivity contribution in [1.29, 1.82) is 0 Å². The van der Waals surface area contributed by atoms with Gasteiger partial charge >= 0.3 is 0 Å². The Morgan fingerprint density at radius 3 is 2.56 bits per heavy atom. The largest absolute Gasteiger partial charge is 0.493 e. The molecule has 0 bridgehead atoms. The molecule has 174 valence electrons. The van der Waals surface area contributed by atoms with Gasteiger partial charge in [-0.05, 0) is 75.2 Å². The Balaban J connectivity index is 1.53. The van der Waals surface area contributed by atoms with Crippen LogP contribution in [0.1, 0.15) is 16.7 Å². The molecule has 5 nitrogen and oxygen atoms in total. The molecule has 0 aliphatic carbocycles. The number of imide groups is 1. The fourth-order valence-electron chi connectivity index (χ4n) is 3.28. The van der Waals surface area contributed by atoms with E-state index in [1.807, 2.05) is 12.1 Å². The minimum absolute atomic E-state index is 0.126. The van der Waals surface area contributed by atoms with Crippen molar-refractivity contribution in [3.8, 4) is 11.5 Å². The second-order valence-electron chi connectivity index (χ2n) is 7.31. The van der Waals surface area contributed by atoms with Crippen LogP contribution in [0.5, 0.6) is 11.5 Å². The van der Waals surface area contributed by atoms with E-state index >= 15 is 0 Å². The van der Waals surface area contributed by atoms with Crippen LogP contribution in [0.3, 0.4) is 0 Å². The topological polar surface area (TPSA) is 55.8 Å². The number of benzene rings is 3. The third-order valence-corrected chi connectivity index (χ3v) is 6.75. The second kappa shape index (κ2) is 10.6. The van der Waals surface area contributed by atoms with Crippen molar-refractivity contribution in [3.63, 3.8) is 0 Å². The quantitative estimate of drug-likeness (QED) is 0.288. The van der Waals surface area contributed by atoms with E-state index in [1.54, 1.807) is 48.5 Å². The number of thioether (sulfide) groups is 1. The van der Waals surface area contributed by atoms with Crippen molar-refractivity contribution in [3.05, 3.63) is 97.6 Å². The normalized spacial score (nSPS) is 14.7. The Kier molecular flexibility index (Phi) is 7.60. The number of nitrogens with zero attached hydrogens (tertiary/aromatic N) is 1. The molecule has 3 aromatic carbocycles. The molecule has 0 spiro atoms. The van der Waals surface area contributed by atoms with Crippen molar-refractivity contribution in [2.75, 3.05) is 7.11 Å². The highest BCUT2D eigenvalue weighted by molar-refractivity contribution is 9.10. The molecule has 1 fully saturated rings. The molecule has 1 aliphatic heterocycles. The molecule has 0 N–H and O–H groups in total. The van der Waals surface area contributed by atoms with E-state index in [4.69, 9.17) is 21.1 Å². The standard InChI is InChI=1S/C25H18BrClFNO4S/c1-32-21-11-16(10-19(26)23(21)33-14-15-6-8-18(27)9-7-15)12-22-24(30)29(25(31)34-22)13-17-4-2-3-5-20(17)28/h2-12H,13-14H2,1H3/b22-12-. The summed E-state index contributed by atoms with van der Waals surface area (Å²) in [5, 5.41) is 0.193. The van der Waals surface area contributed by atoms with Gasteiger partial charge in [0.05, 0.1) is 23.0 Å². The van der Waals surface area contributed by atoms with Crippen LogP contribution in [-0.4, -0.2) is 23.2 Å². The predicted octanol–water partition coefficient (Wildman–Crippen LogP) is 7.07. The van der Waals surface area contributed by atoms with Crippen molar-refractivity contribution >= 4 is 56.5 Å². The molecule has 0 saturated carbocycles. The highest BCUT2D eigenvalue weighted by Crippen LogP contribution is 2.39. The molecule has 9 heteroatoms. The smallest absolute Gasteiger partial charge is 0.293 e. The number of rotatable bonds is 7. The van der Waals surface area contributed by atoms with E-state index in [1.165, 1.54) is 13.2 Å². The average Bonchev–Trinajstić information content (AvgIpc) is 3.07. The molecule has 1 heterocycles. The van der Waals surface area contributed by atoms with E-state index in [0.29, 0.717) is 33.2 Å². The van der Waals surface area contributed by atoms with Crippen LogP contribution in [0.2, 0.25) is 5.02 Å². The molecule has 1 saturated heterocycles. The number of amides is 2. The summed E-state index contributed by atoms with van der Waals surface area (Å²) >= 11 is 10.2. The molecule has 1 aliphatic rings. The van der Waals surface area contributed by atoms with Gasteiger partial charge in [-0.2, -0.15) is 0 Å². The first-order valence-electron chi connectivity index (χ1n) is 10.1. The van der Waals surface area contributed by atoms with Gasteiger partial charge in [-0.1, -0.05) is 41.9 Å². The summed E-state index contributed by atoms with van der Waals surface area (Å²) in [4.78, 5) is 26.5. The average molecular weight is 563 g/mol. The lowest BCUT2D eigenvalue weighted by Gasteiger charge is -2.14. The first kappa shape index (κ1) is 24.3. The van der Waals surface area contributed by atoms with Gasteiger partial charge in [0.25, 0.3) is 11.1 Å². The Morgan fingerprint density at radius 2 is 1.85 bits per heavy atom. The fraction of sp³-hybridized carbons (Fsp3) is 0.120. The van der Waals surface area contributed by atoms with Crippen molar-refractivity contribution in [2.45, 2.75) is 13.2 Å². The summed E-state index contributed by atoms with van der Waals surface area (Å²) in [6.45, 7) is 0.180. The lowest BCUT2D eigenvalue weighted by molar-refractivity contribution is -0.123. The van der Waals surface area contributed by atoms with Gasteiger partial charge in [0, 0.05) is 10.6 Å². The highest BCUT2D eigenvalue weighted by Gasteiger charge is 2.35. The zero-order valence-corrected chi connectivity index (χ0v) is 21.0. The van der Waals surface area contributed by atoms with Crippen LogP contribution >= 0.6 is 39.3 Å². The minimum Gasteiger partial charge on any atom is -0.493 e. The molecule has 0 aromatic heterocycles. The molecular formula is C25H18BrClFNO4S. The van der Waals surface area contributed by atoms with Gasteiger partial charge < -0.3 is 9.47 Å². The summed E-state index contributed by atoms with van der Waals surface area (Å²) in [5.74, 6) is 0.0206. The zero-order valence-electron chi connectivity index (χ0n) is 17.9. The van der Waals surface area contributed by atoms with Gasteiger partial charge in [0.2, 0.25) is 0 Å². The van der Waals surface area contributed by atoms with Crippen molar-refractivity contribution in [1.82, 2.24) is 4.90 Å². The van der Waals surface area contributed by atoms with Gasteiger partial charge in [0.1, 0.15) is 12.4 Å². The van der Waals surface area contributed by atoms with Gasteiger partial charge in [-0.15, -0.1) is 0 Å². The summed E-state index contributed by atoms with van der Waals surface area (Å²) < 4.78 is 26.0. The number of ether oxygens (including phenoxy) is 2. The third-order valence-electron chi connectivity index (χ3n) is 5.01. The molecule has 4 rings (SSSR count). The molecule has 0 atom stereocenters. The van der Waals surface area contributed by atoms with E-state index in [9.17, 15) is 14.0 Å². The Hall–Kier alpha value is -2.81. The lowest BCUT2D eigenvalue weighted by atomic mass is 10.1. The molecule has 0 radical (unpaired) electrons. The maximum absolute atomic E-state index is 14.0. The van der Waals surface area contributed by atoms with E-state index in [2.05, 4.69) is 15.9 Å². The van der Waals surface area contributed by atoms with Crippen LogP contribution in [0.25, 0.3) is 6.08 Å². The van der Waals surface area contributed by atoms with Crippen LogP contribution in [0.4, 0.5) is 9.18 Å². The fourth-order valence-corrected chi connectivity index (χ4v) is 4.82. The van der Waals surface area contributed by atoms with Gasteiger partial charge in [-0.3, -0.25) is 14.5 Å². The van der Waals surface area contributed by atoms with E-state index < -0.39 is 17.0 Å². The first-order valence-corrected chi connectivity index (χ1v) is 12.1. The third kappa shape index (κ3) is 5.46. The summed E-state index contributed by atoms with van der Waals surface area (Å²) in [7, 11) is 1.52. The molecular weight excluding hydrogens is 545 g/mol. The molecule has 34 heavy (non-hydrogen) atoms. The van der Waals surface area contributed by atoms with Crippen LogP contribution < -0.4 is 9.47 Å². The number of hydrogen-bond acceptors (Lipinski definition) is 5. The number of hydrogen-bond donors (Lipinski definition) is 0. The van der Waals surface area contributed by atoms with E-state index in [-0.39, 0.29) is 17.0 Å². The van der Waals surface area contributed by atoms with Gasteiger partial charge in [-0.25, -0.2) is 4.39 Å². The van der Waals surface area contributed by atoms with Crippen LogP contribution in [0, 0.1) is 5.82 Å². The zero-order chi connectivity index (χ0) is 24.2. The van der Waals surface area contributed by atoms with Crippen molar-refractivity contribution in [2.24, 2.45) is 0 Å². The Morgan fingerprint density at radius 1 is 1.12 bits per heavy atom. The van der Waals surface area contributed by atoms with Crippen molar-refractivity contribution < 1.29 is 23.5 Å². The second-order valence-corrected chi connectivity index (χ2v) is 9.59. The predicted molar refractivity (Wildman–Crippen MR) is 134 cm³/mol. The maximum atomic E-state index is 14.0. The summed E-state index contributed by atoms with van der Waals surface area (Å²) in [6, 6.07) is 16.9. The number of carbonyl (C=O) groups is 2. The summed E-state index contributed by atoms with van der Waals surface area (Å²) in [6.07, 6.45) is 1.60. The maximum Gasteiger partial charge on any atom is 0.293 e. The monoisotopic (exact) mass is 561 g/mol. The van der Waals surface area contributed by atoms with Crippen LogP contribution in [0.15, 0.2) is 70.0 Å². The molecule has 3 aromatic rings. The Bertz CT molecular complexity index is 1280. The highest BCUT2D eigenvalue weighted by atomic mass is 79.9. The summed E-state index contributed by atoms with van der Waals surface area (Å²) in [5.41, 5.74) is 1.85. The van der Waals surface area contributed by atoms with Crippen LogP contribution in [-0.2, 0) is 17.9 Å². The van der Waals surface area contributed by atoms with Gasteiger partial charge in [0.15, 0.2) is 11.5 Å². The molecule has 2 amide bonds.